The Morgan fingerprint density at radius 2 is 1.83 bits per heavy atom. The van der Waals surface area contributed by atoms with Crippen LogP contribution in [-0.4, -0.2) is 33.1 Å². The first-order valence-electron chi connectivity index (χ1n) is 6.01. The van der Waals surface area contributed by atoms with Gasteiger partial charge >= 0.3 is 0 Å². The Kier molecular flexibility index (Phi) is 4.04. The monoisotopic (exact) mass is 260 g/mol. The van der Waals surface area contributed by atoms with E-state index in [1.165, 1.54) is 0 Å². The molecule has 0 aliphatic carbocycles. The number of hydrogen-bond donors (Lipinski definition) is 1. The molecular formula is C13H16N4S. The molecule has 0 saturated heterocycles. The number of hydrogen-bond acceptors (Lipinski definition) is 3. The number of nitrogens with one attached hydrogen (secondary N) is 1. The van der Waals surface area contributed by atoms with Crippen molar-refractivity contribution in [2.75, 3.05) is 18.4 Å². The van der Waals surface area contributed by atoms with Gasteiger partial charge in [-0.15, -0.1) is 0 Å². The average molecular weight is 260 g/mol. The van der Waals surface area contributed by atoms with Crippen LogP contribution < -0.4 is 5.32 Å². The molecule has 1 aromatic heterocycles. The summed E-state index contributed by atoms with van der Waals surface area (Å²) in [7, 11) is 0. The van der Waals surface area contributed by atoms with Crippen molar-refractivity contribution in [1.82, 2.24) is 14.9 Å². The Hall–Kier alpha value is -1.75. The topological polar surface area (TPSA) is 41.0 Å². The van der Waals surface area contributed by atoms with Crippen LogP contribution in [0.25, 0.3) is 11.0 Å². The predicted molar refractivity (Wildman–Crippen MR) is 78.7 cm³/mol. The molecule has 5 heteroatoms. The van der Waals surface area contributed by atoms with Crippen LogP contribution in [0.1, 0.15) is 13.8 Å². The van der Waals surface area contributed by atoms with Gasteiger partial charge in [0.25, 0.3) is 0 Å². The van der Waals surface area contributed by atoms with Crippen LogP contribution in [-0.2, 0) is 0 Å². The average Bonchev–Trinajstić information content (AvgIpc) is 2.40. The molecule has 1 N–H and O–H groups in total. The van der Waals surface area contributed by atoms with Crippen molar-refractivity contribution in [3.05, 3.63) is 30.6 Å². The second-order valence-corrected chi connectivity index (χ2v) is 4.25. The van der Waals surface area contributed by atoms with Crippen molar-refractivity contribution in [2.45, 2.75) is 13.8 Å². The first-order chi connectivity index (χ1) is 8.74. The van der Waals surface area contributed by atoms with E-state index in [0.29, 0.717) is 0 Å². The van der Waals surface area contributed by atoms with Crippen molar-refractivity contribution in [2.24, 2.45) is 0 Å². The van der Waals surface area contributed by atoms with E-state index in [1.807, 2.05) is 18.2 Å². The van der Waals surface area contributed by atoms with E-state index in [0.717, 1.165) is 34.9 Å². The fourth-order valence-electron chi connectivity index (χ4n) is 1.75. The van der Waals surface area contributed by atoms with Gasteiger partial charge in [0.15, 0.2) is 5.11 Å². The van der Waals surface area contributed by atoms with Gasteiger partial charge in [-0.25, -0.2) is 0 Å². The fourth-order valence-corrected chi connectivity index (χ4v) is 2.13. The molecule has 0 unspecified atom stereocenters. The van der Waals surface area contributed by atoms with Gasteiger partial charge in [0.2, 0.25) is 0 Å². The first kappa shape index (κ1) is 12.7. The maximum Gasteiger partial charge on any atom is 0.173 e. The van der Waals surface area contributed by atoms with Crippen LogP contribution in [0.4, 0.5) is 5.69 Å². The van der Waals surface area contributed by atoms with Crippen LogP contribution in [0.2, 0.25) is 0 Å². The summed E-state index contributed by atoms with van der Waals surface area (Å²) >= 11 is 5.36. The zero-order valence-electron chi connectivity index (χ0n) is 10.6. The molecule has 0 radical (unpaired) electrons. The van der Waals surface area contributed by atoms with Crippen LogP contribution >= 0.6 is 12.2 Å². The zero-order valence-corrected chi connectivity index (χ0v) is 11.4. The molecule has 2 aromatic rings. The van der Waals surface area contributed by atoms with E-state index in [2.05, 4.69) is 34.0 Å². The minimum atomic E-state index is 0.739. The lowest BCUT2D eigenvalue weighted by atomic mass is 10.2. The third-order valence-electron chi connectivity index (χ3n) is 2.77. The lowest BCUT2D eigenvalue weighted by Gasteiger charge is -2.22. The molecule has 0 fully saturated rings. The van der Waals surface area contributed by atoms with Gasteiger partial charge in [-0.2, -0.15) is 0 Å². The van der Waals surface area contributed by atoms with Gasteiger partial charge < -0.3 is 10.2 Å². The normalized spacial score (nSPS) is 10.3. The summed E-state index contributed by atoms with van der Waals surface area (Å²) in [5.74, 6) is 0. The van der Waals surface area contributed by atoms with Crippen molar-refractivity contribution in [1.29, 1.82) is 0 Å². The summed E-state index contributed by atoms with van der Waals surface area (Å²) in [6.07, 6.45) is 3.38. The quantitative estimate of drug-likeness (QED) is 0.859. The Morgan fingerprint density at radius 3 is 2.50 bits per heavy atom. The first-order valence-corrected chi connectivity index (χ1v) is 6.42. The second kappa shape index (κ2) is 5.73. The molecule has 0 amide bonds. The Bertz CT molecular complexity index is 551. The molecule has 4 nitrogen and oxygen atoms in total. The number of aromatic nitrogens is 2. The van der Waals surface area contributed by atoms with Crippen LogP contribution in [0, 0.1) is 0 Å². The van der Waals surface area contributed by atoms with Crippen molar-refractivity contribution in [3.63, 3.8) is 0 Å². The second-order valence-electron chi connectivity index (χ2n) is 3.86. The number of anilines is 1. The minimum absolute atomic E-state index is 0.739. The Labute approximate surface area is 112 Å². The van der Waals surface area contributed by atoms with Crippen LogP contribution in [0.5, 0.6) is 0 Å². The number of rotatable bonds is 3. The molecule has 0 saturated carbocycles. The number of nitrogens with zero attached hydrogens (tertiary/aromatic N) is 3. The van der Waals surface area contributed by atoms with Crippen molar-refractivity contribution >= 4 is 34.1 Å². The summed E-state index contributed by atoms with van der Waals surface area (Å²) in [5.41, 5.74) is 2.70. The van der Waals surface area contributed by atoms with Gasteiger partial charge in [-0.05, 0) is 44.3 Å². The van der Waals surface area contributed by atoms with E-state index >= 15 is 0 Å². The molecule has 0 bridgehead atoms. The van der Waals surface area contributed by atoms with Crippen LogP contribution in [0.15, 0.2) is 30.6 Å². The molecular weight excluding hydrogens is 244 g/mol. The summed E-state index contributed by atoms with van der Waals surface area (Å²) in [6, 6.07) is 5.86. The molecule has 0 spiro atoms. The third-order valence-corrected chi connectivity index (χ3v) is 3.13. The Balaban J connectivity index is 2.19. The third kappa shape index (κ3) is 2.73. The molecule has 1 aromatic carbocycles. The highest BCUT2D eigenvalue weighted by Crippen LogP contribution is 2.15. The molecule has 0 aliphatic heterocycles. The lowest BCUT2D eigenvalue weighted by molar-refractivity contribution is 0.473. The number of benzene rings is 1. The van der Waals surface area contributed by atoms with E-state index in [9.17, 15) is 0 Å². The zero-order chi connectivity index (χ0) is 13.0. The summed E-state index contributed by atoms with van der Waals surface area (Å²) < 4.78 is 0. The molecule has 2 rings (SSSR count). The molecule has 0 atom stereocenters. The highest BCUT2D eigenvalue weighted by Gasteiger charge is 2.05. The van der Waals surface area contributed by atoms with Crippen LogP contribution in [0.3, 0.4) is 0 Å². The van der Waals surface area contributed by atoms with Crippen molar-refractivity contribution < 1.29 is 0 Å². The predicted octanol–water partition coefficient (Wildman–Crippen LogP) is 2.67. The molecule has 18 heavy (non-hydrogen) atoms. The maximum absolute atomic E-state index is 5.36. The van der Waals surface area contributed by atoms with Gasteiger partial charge in [-0.1, -0.05) is 0 Å². The lowest BCUT2D eigenvalue weighted by Crippen LogP contribution is -2.34. The van der Waals surface area contributed by atoms with Gasteiger partial charge in [0.1, 0.15) is 0 Å². The maximum atomic E-state index is 5.36. The highest BCUT2D eigenvalue weighted by molar-refractivity contribution is 7.80. The van der Waals surface area contributed by atoms with E-state index in [-0.39, 0.29) is 0 Å². The SMILES string of the molecule is CCN(CC)C(=S)Nc1ccc2nccnc2c1. The van der Waals surface area contributed by atoms with Gasteiger partial charge in [0.05, 0.1) is 11.0 Å². The summed E-state index contributed by atoms with van der Waals surface area (Å²) in [6.45, 7) is 5.97. The van der Waals surface area contributed by atoms with E-state index in [4.69, 9.17) is 12.2 Å². The van der Waals surface area contributed by atoms with E-state index in [1.54, 1.807) is 12.4 Å². The van der Waals surface area contributed by atoms with Gasteiger partial charge in [-0.3, -0.25) is 9.97 Å². The minimum Gasteiger partial charge on any atom is -0.350 e. The molecule has 1 heterocycles. The molecule has 94 valence electrons. The number of fused-ring (bicyclic) bond motifs is 1. The number of thiocarbonyl (C=S) groups is 1. The van der Waals surface area contributed by atoms with Crippen molar-refractivity contribution in [3.8, 4) is 0 Å². The molecule has 0 aliphatic rings. The van der Waals surface area contributed by atoms with E-state index < -0.39 is 0 Å². The van der Waals surface area contributed by atoms with Gasteiger partial charge in [0, 0.05) is 31.2 Å². The standard InChI is InChI=1S/C13H16N4S/c1-3-17(4-2)13(18)16-10-5-6-11-12(9-10)15-8-7-14-11/h5-9H,3-4H2,1-2H3,(H,16,18). The highest BCUT2D eigenvalue weighted by atomic mass is 32.1. The summed E-state index contributed by atoms with van der Waals surface area (Å²) in [5, 5.41) is 3.96. The largest absolute Gasteiger partial charge is 0.350 e. The fraction of sp³-hybridized carbons (Fsp3) is 0.308. The smallest absolute Gasteiger partial charge is 0.173 e. The summed E-state index contributed by atoms with van der Waals surface area (Å²) in [4.78, 5) is 10.6. The Morgan fingerprint density at radius 1 is 1.17 bits per heavy atom.